The van der Waals surface area contributed by atoms with E-state index in [0.717, 1.165) is 12.8 Å². The van der Waals surface area contributed by atoms with E-state index in [1.807, 2.05) is 0 Å². The molecule has 3 rings (SSSR count). The maximum atomic E-state index is 12.0. The average molecular weight is 336 g/mol. The van der Waals surface area contributed by atoms with Crippen LogP contribution in [0.1, 0.15) is 18.5 Å². The van der Waals surface area contributed by atoms with Gasteiger partial charge < -0.3 is 10.6 Å². The van der Waals surface area contributed by atoms with Gasteiger partial charge in [-0.05, 0) is 31.0 Å². The van der Waals surface area contributed by atoms with Crippen molar-refractivity contribution in [2.75, 3.05) is 10.6 Å². The van der Waals surface area contributed by atoms with E-state index in [-0.39, 0.29) is 24.2 Å². The molecule has 1 aliphatic carbocycles. The summed E-state index contributed by atoms with van der Waals surface area (Å²) < 4.78 is 0. The minimum Gasteiger partial charge on any atom is -0.326 e. The number of rotatable bonds is 5. The molecule has 7 heteroatoms. The molecular weight excluding hydrogens is 322 g/mol. The van der Waals surface area contributed by atoms with E-state index in [4.69, 9.17) is 11.6 Å². The molecular formula is C15H14ClN3O2S. The molecule has 1 fully saturated rings. The number of thiazole rings is 1. The molecule has 1 heterocycles. The first kappa shape index (κ1) is 15.0. The van der Waals surface area contributed by atoms with Crippen LogP contribution in [-0.2, 0) is 16.0 Å². The number of carbonyl (C=O) groups is 2. The Balaban J connectivity index is 1.55. The van der Waals surface area contributed by atoms with Gasteiger partial charge in [-0.2, -0.15) is 0 Å². The summed E-state index contributed by atoms with van der Waals surface area (Å²) in [7, 11) is 0. The molecule has 2 amide bonds. The van der Waals surface area contributed by atoms with E-state index in [1.165, 1.54) is 11.3 Å². The highest BCUT2D eigenvalue weighted by Gasteiger charge is 2.30. The van der Waals surface area contributed by atoms with Gasteiger partial charge in [0.1, 0.15) is 0 Å². The van der Waals surface area contributed by atoms with Crippen molar-refractivity contribution in [2.45, 2.75) is 19.3 Å². The molecule has 2 aromatic rings. The summed E-state index contributed by atoms with van der Waals surface area (Å²) >= 11 is 7.20. The Bertz CT molecular complexity index is 712. The summed E-state index contributed by atoms with van der Waals surface area (Å²) in [5.74, 6) is -0.0182. The largest absolute Gasteiger partial charge is 0.326 e. The summed E-state index contributed by atoms with van der Waals surface area (Å²) in [6, 6.07) is 6.96. The van der Waals surface area contributed by atoms with Crippen LogP contribution in [-0.4, -0.2) is 16.8 Å². The van der Waals surface area contributed by atoms with Crippen molar-refractivity contribution in [2.24, 2.45) is 5.92 Å². The average Bonchev–Trinajstić information content (AvgIpc) is 3.22. The second kappa shape index (κ2) is 6.46. The standard InChI is InChI=1S/C15H14ClN3O2S/c16-10-2-1-3-11(6-10)17-13(20)7-12-8-22-15(18-12)19-14(21)9-4-5-9/h1-3,6,8-9H,4-5,7H2,(H,17,20)(H,18,19,21). The fraction of sp³-hybridized carbons (Fsp3) is 0.267. The lowest BCUT2D eigenvalue weighted by atomic mass is 10.3. The molecule has 1 saturated carbocycles. The number of nitrogens with zero attached hydrogens (tertiary/aromatic N) is 1. The number of carbonyl (C=O) groups excluding carboxylic acids is 2. The summed E-state index contributed by atoms with van der Waals surface area (Å²) in [6.45, 7) is 0. The van der Waals surface area contributed by atoms with Crippen LogP contribution in [0, 0.1) is 5.92 Å². The van der Waals surface area contributed by atoms with Gasteiger partial charge in [0.25, 0.3) is 0 Å². The maximum absolute atomic E-state index is 12.0. The minimum atomic E-state index is -0.173. The van der Waals surface area contributed by atoms with Gasteiger partial charge in [-0.3, -0.25) is 9.59 Å². The number of benzene rings is 1. The van der Waals surface area contributed by atoms with Crippen LogP contribution in [0.3, 0.4) is 0 Å². The fourth-order valence-corrected chi connectivity index (χ4v) is 2.84. The van der Waals surface area contributed by atoms with E-state index >= 15 is 0 Å². The van der Waals surface area contributed by atoms with Gasteiger partial charge in [0.05, 0.1) is 12.1 Å². The first-order chi connectivity index (χ1) is 10.6. The lowest BCUT2D eigenvalue weighted by Crippen LogP contribution is -2.15. The Kier molecular flexibility index (Phi) is 4.40. The number of hydrogen-bond acceptors (Lipinski definition) is 4. The van der Waals surface area contributed by atoms with Gasteiger partial charge in [-0.1, -0.05) is 17.7 Å². The smallest absolute Gasteiger partial charge is 0.230 e. The number of amides is 2. The van der Waals surface area contributed by atoms with Crippen LogP contribution in [0.15, 0.2) is 29.6 Å². The maximum Gasteiger partial charge on any atom is 0.230 e. The third kappa shape index (κ3) is 4.05. The molecule has 0 bridgehead atoms. The zero-order valence-corrected chi connectivity index (χ0v) is 13.2. The van der Waals surface area contributed by atoms with Gasteiger partial charge in [0.15, 0.2) is 5.13 Å². The molecule has 114 valence electrons. The molecule has 1 aromatic carbocycles. The van der Waals surface area contributed by atoms with Crippen molar-refractivity contribution in [3.63, 3.8) is 0 Å². The number of nitrogens with one attached hydrogen (secondary N) is 2. The van der Waals surface area contributed by atoms with E-state index in [0.29, 0.717) is 21.5 Å². The zero-order valence-electron chi connectivity index (χ0n) is 11.6. The van der Waals surface area contributed by atoms with Gasteiger partial charge in [-0.15, -0.1) is 11.3 Å². The lowest BCUT2D eigenvalue weighted by Gasteiger charge is -2.04. The summed E-state index contributed by atoms with van der Waals surface area (Å²) in [5.41, 5.74) is 1.28. The molecule has 0 aliphatic heterocycles. The highest BCUT2D eigenvalue weighted by atomic mass is 35.5. The van der Waals surface area contributed by atoms with Crippen LogP contribution >= 0.6 is 22.9 Å². The minimum absolute atomic E-state index is 0.0179. The first-order valence-corrected chi connectivity index (χ1v) is 8.16. The normalized spacial score (nSPS) is 13.7. The van der Waals surface area contributed by atoms with Crippen molar-refractivity contribution in [3.05, 3.63) is 40.4 Å². The van der Waals surface area contributed by atoms with E-state index in [9.17, 15) is 9.59 Å². The summed E-state index contributed by atoms with van der Waals surface area (Å²) in [4.78, 5) is 27.9. The Morgan fingerprint density at radius 2 is 2.14 bits per heavy atom. The molecule has 5 nitrogen and oxygen atoms in total. The van der Waals surface area contributed by atoms with Gasteiger partial charge in [0.2, 0.25) is 11.8 Å². The molecule has 2 N–H and O–H groups in total. The molecule has 1 aromatic heterocycles. The summed E-state index contributed by atoms with van der Waals surface area (Å²) in [6.07, 6.45) is 2.06. The highest BCUT2D eigenvalue weighted by Crippen LogP contribution is 2.30. The van der Waals surface area contributed by atoms with Crippen LogP contribution in [0.5, 0.6) is 0 Å². The molecule has 0 spiro atoms. The van der Waals surface area contributed by atoms with E-state index in [1.54, 1.807) is 29.6 Å². The Morgan fingerprint density at radius 3 is 2.86 bits per heavy atom. The summed E-state index contributed by atoms with van der Waals surface area (Å²) in [5, 5.41) is 8.43. The van der Waals surface area contributed by atoms with Crippen LogP contribution in [0.4, 0.5) is 10.8 Å². The first-order valence-electron chi connectivity index (χ1n) is 6.91. The Labute approximate surface area is 136 Å². The van der Waals surface area contributed by atoms with E-state index < -0.39 is 0 Å². The molecule has 0 saturated heterocycles. The second-order valence-electron chi connectivity index (χ2n) is 5.14. The molecule has 0 radical (unpaired) electrons. The molecule has 0 atom stereocenters. The number of aromatic nitrogens is 1. The van der Waals surface area contributed by atoms with Crippen molar-refractivity contribution >= 4 is 45.6 Å². The highest BCUT2D eigenvalue weighted by molar-refractivity contribution is 7.13. The van der Waals surface area contributed by atoms with Gasteiger partial charge in [-0.25, -0.2) is 4.98 Å². The molecule has 1 aliphatic rings. The topological polar surface area (TPSA) is 71.1 Å². The van der Waals surface area contributed by atoms with Gasteiger partial charge >= 0.3 is 0 Å². The number of hydrogen-bond donors (Lipinski definition) is 2. The van der Waals surface area contributed by atoms with Crippen LogP contribution < -0.4 is 10.6 Å². The molecule has 22 heavy (non-hydrogen) atoms. The van der Waals surface area contributed by atoms with Crippen molar-refractivity contribution < 1.29 is 9.59 Å². The lowest BCUT2D eigenvalue weighted by molar-refractivity contribution is -0.117. The van der Waals surface area contributed by atoms with Crippen molar-refractivity contribution in [1.82, 2.24) is 4.98 Å². The number of halogens is 1. The third-order valence-electron chi connectivity index (χ3n) is 3.18. The number of anilines is 2. The second-order valence-corrected chi connectivity index (χ2v) is 6.44. The monoisotopic (exact) mass is 335 g/mol. The predicted molar refractivity (Wildman–Crippen MR) is 87.3 cm³/mol. The SMILES string of the molecule is O=C(Cc1csc(NC(=O)C2CC2)n1)Nc1cccc(Cl)c1. The van der Waals surface area contributed by atoms with E-state index in [2.05, 4.69) is 15.6 Å². The molecule has 0 unspecified atom stereocenters. The predicted octanol–water partition coefficient (Wildman–Crippen LogP) is 3.33. The fourth-order valence-electron chi connectivity index (χ4n) is 1.93. The zero-order chi connectivity index (χ0) is 15.5. The van der Waals surface area contributed by atoms with Gasteiger partial charge in [0, 0.05) is 22.0 Å². The Morgan fingerprint density at radius 1 is 1.32 bits per heavy atom. The third-order valence-corrected chi connectivity index (χ3v) is 4.22. The quantitative estimate of drug-likeness (QED) is 0.880. The van der Waals surface area contributed by atoms with Crippen molar-refractivity contribution in [3.8, 4) is 0 Å². The van der Waals surface area contributed by atoms with Crippen molar-refractivity contribution in [1.29, 1.82) is 0 Å². The Hall–Kier alpha value is -1.92. The van der Waals surface area contributed by atoms with Crippen LogP contribution in [0.2, 0.25) is 5.02 Å². The van der Waals surface area contributed by atoms with Crippen LogP contribution in [0.25, 0.3) is 0 Å².